The Hall–Kier alpha value is -1.48. The molecule has 69 valence electrons. The molecule has 0 saturated carbocycles. The molecule has 0 atom stereocenters. The van der Waals surface area contributed by atoms with Crippen molar-refractivity contribution in [3.63, 3.8) is 0 Å². The SMILES string of the molecule is Fc1cnc(-c2cc[c]c(Cl)c2)nc1. The van der Waals surface area contributed by atoms with Gasteiger partial charge in [-0.1, -0.05) is 23.7 Å². The smallest absolute Gasteiger partial charge is 0.159 e. The molecule has 14 heavy (non-hydrogen) atoms. The zero-order valence-corrected chi connectivity index (χ0v) is 7.79. The molecule has 0 aliphatic carbocycles. The van der Waals surface area contributed by atoms with Gasteiger partial charge in [-0.05, 0) is 6.07 Å². The Bertz CT molecular complexity index is 442. The van der Waals surface area contributed by atoms with Gasteiger partial charge >= 0.3 is 0 Å². The molecular formula is C10H5ClFN2. The first kappa shape index (κ1) is 9.09. The predicted molar refractivity (Wildman–Crippen MR) is 51.3 cm³/mol. The number of halogens is 2. The van der Waals surface area contributed by atoms with E-state index in [1.807, 2.05) is 0 Å². The molecule has 1 aromatic carbocycles. The second-order valence-corrected chi connectivity index (χ2v) is 3.06. The van der Waals surface area contributed by atoms with Crippen molar-refractivity contribution in [1.29, 1.82) is 0 Å². The molecule has 0 unspecified atom stereocenters. The first-order valence-corrected chi connectivity index (χ1v) is 4.28. The van der Waals surface area contributed by atoms with Gasteiger partial charge in [0.05, 0.1) is 12.4 Å². The average Bonchev–Trinajstić information content (AvgIpc) is 2.19. The average molecular weight is 208 g/mol. The van der Waals surface area contributed by atoms with E-state index in [1.165, 1.54) is 0 Å². The lowest BCUT2D eigenvalue weighted by Gasteiger charge is -1.98. The Morgan fingerprint density at radius 2 is 2.00 bits per heavy atom. The van der Waals surface area contributed by atoms with Gasteiger partial charge in [0.1, 0.15) is 0 Å². The fraction of sp³-hybridized carbons (Fsp3) is 0. The second kappa shape index (κ2) is 3.72. The highest BCUT2D eigenvalue weighted by Gasteiger charge is 2.01. The van der Waals surface area contributed by atoms with Gasteiger partial charge < -0.3 is 0 Å². The molecule has 2 nitrogen and oxygen atoms in total. The molecule has 0 saturated heterocycles. The van der Waals surface area contributed by atoms with Crippen LogP contribution < -0.4 is 0 Å². The Morgan fingerprint density at radius 3 is 2.64 bits per heavy atom. The molecular weight excluding hydrogens is 203 g/mol. The van der Waals surface area contributed by atoms with Crippen molar-refractivity contribution in [3.05, 3.63) is 47.5 Å². The number of hydrogen-bond donors (Lipinski definition) is 0. The van der Waals surface area contributed by atoms with Crippen LogP contribution in [-0.2, 0) is 0 Å². The highest BCUT2D eigenvalue weighted by molar-refractivity contribution is 6.30. The van der Waals surface area contributed by atoms with E-state index in [0.29, 0.717) is 10.8 Å². The van der Waals surface area contributed by atoms with Crippen molar-refractivity contribution < 1.29 is 4.39 Å². The van der Waals surface area contributed by atoms with Gasteiger partial charge in [0.2, 0.25) is 0 Å². The first-order chi connectivity index (χ1) is 6.75. The van der Waals surface area contributed by atoms with Gasteiger partial charge in [0.25, 0.3) is 0 Å². The fourth-order valence-electron chi connectivity index (χ4n) is 1.04. The molecule has 0 amide bonds. The van der Waals surface area contributed by atoms with E-state index in [2.05, 4.69) is 16.0 Å². The zero-order chi connectivity index (χ0) is 9.97. The van der Waals surface area contributed by atoms with Crippen molar-refractivity contribution in [1.82, 2.24) is 9.97 Å². The Balaban J connectivity index is 2.44. The van der Waals surface area contributed by atoms with Crippen molar-refractivity contribution in [2.45, 2.75) is 0 Å². The first-order valence-electron chi connectivity index (χ1n) is 3.91. The van der Waals surface area contributed by atoms with Crippen LogP contribution in [0.5, 0.6) is 0 Å². The summed E-state index contributed by atoms with van der Waals surface area (Å²) in [7, 11) is 0. The largest absolute Gasteiger partial charge is 0.233 e. The van der Waals surface area contributed by atoms with Gasteiger partial charge in [-0.3, -0.25) is 0 Å². The molecule has 0 bridgehead atoms. The molecule has 1 aromatic heterocycles. The molecule has 0 spiro atoms. The van der Waals surface area contributed by atoms with Crippen LogP contribution in [0.3, 0.4) is 0 Å². The van der Waals surface area contributed by atoms with Gasteiger partial charge in [0.15, 0.2) is 11.6 Å². The molecule has 0 N–H and O–H groups in total. The van der Waals surface area contributed by atoms with Crippen LogP contribution in [-0.4, -0.2) is 9.97 Å². The summed E-state index contributed by atoms with van der Waals surface area (Å²) < 4.78 is 12.5. The van der Waals surface area contributed by atoms with Gasteiger partial charge in [-0.25, -0.2) is 14.4 Å². The maximum absolute atomic E-state index is 12.5. The Labute approximate surface area is 85.4 Å². The van der Waals surface area contributed by atoms with E-state index >= 15 is 0 Å². The summed E-state index contributed by atoms with van der Waals surface area (Å²) in [6.07, 6.45) is 2.24. The van der Waals surface area contributed by atoms with E-state index < -0.39 is 5.82 Å². The summed E-state index contributed by atoms with van der Waals surface area (Å²) in [5, 5.41) is 0.482. The van der Waals surface area contributed by atoms with E-state index in [-0.39, 0.29) is 0 Å². The highest BCUT2D eigenvalue weighted by atomic mass is 35.5. The summed E-state index contributed by atoms with van der Waals surface area (Å²) in [4.78, 5) is 7.66. The summed E-state index contributed by atoms with van der Waals surface area (Å²) in [5.74, 6) is -0.00959. The highest BCUT2D eigenvalue weighted by Crippen LogP contribution is 2.18. The summed E-state index contributed by atoms with van der Waals surface area (Å²) in [6.45, 7) is 0. The van der Waals surface area contributed by atoms with Crippen molar-refractivity contribution in [3.8, 4) is 11.4 Å². The molecule has 4 heteroatoms. The topological polar surface area (TPSA) is 25.8 Å². The predicted octanol–water partition coefficient (Wildman–Crippen LogP) is 2.74. The van der Waals surface area contributed by atoms with E-state index in [0.717, 1.165) is 18.0 Å². The Kier molecular flexibility index (Phi) is 2.41. The Morgan fingerprint density at radius 1 is 1.29 bits per heavy atom. The summed E-state index contributed by atoms with van der Waals surface area (Å²) >= 11 is 5.74. The third kappa shape index (κ3) is 1.88. The molecule has 2 rings (SSSR count). The van der Waals surface area contributed by atoms with Crippen molar-refractivity contribution >= 4 is 11.6 Å². The standard InChI is InChI=1S/C10H5ClFN2/c11-8-3-1-2-7(4-8)10-13-5-9(12)6-14-10/h1-2,4-6H. The monoisotopic (exact) mass is 207 g/mol. The fourth-order valence-corrected chi connectivity index (χ4v) is 1.22. The maximum Gasteiger partial charge on any atom is 0.159 e. The third-order valence-electron chi connectivity index (χ3n) is 1.64. The lowest BCUT2D eigenvalue weighted by Crippen LogP contribution is -1.89. The molecule has 1 heterocycles. The van der Waals surface area contributed by atoms with E-state index in [1.54, 1.807) is 18.2 Å². The van der Waals surface area contributed by atoms with E-state index in [4.69, 9.17) is 11.6 Å². The van der Waals surface area contributed by atoms with Crippen LogP contribution in [0.2, 0.25) is 5.02 Å². The molecule has 0 fully saturated rings. The van der Waals surface area contributed by atoms with E-state index in [9.17, 15) is 4.39 Å². The summed E-state index contributed by atoms with van der Waals surface area (Å²) in [5.41, 5.74) is 0.744. The minimum absolute atomic E-state index is 0.447. The number of rotatable bonds is 1. The summed E-state index contributed by atoms with van der Waals surface area (Å²) in [6, 6.07) is 7.90. The number of hydrogen-bond acceptors (Lipinski definition) is 2. The molecule has 0 aliphatic rings. The number of nitrogens with zero attached hydrogens (tertiary/aromatic N) is 2. The van der Waals surface area contributed by atoms with Gasteiger partial charge in [-0.15, -0.1) is 0 Å². The third-order valence-corrected chi connectivity index (χ3v) is 1.86. The van der Waals surface area contributed by atoms with Crippen molar-refractivity contribution in [2.75, 3.05) is 0 Å². The number of aromatic nitrogens is 2. The van der Waals surface area contributed by atoms with Crippen LogP contribution in [0.1, 0.15) is 0 Å². The van der Waals surface area contributed by atoms with Crippen LogP contribution >= 0.6 is 11.6 Å². The minimum Gasteiger partial charge on any atom is -0.233 e. The lowest BCUT2D eigenvalue weighted by molar-refractivity contribution is 0.614. The molecule has 0 aliphatic heterocycles. The minimum atomic E-state index is -0.456. The second-order valence-electron chi connectivity index (χ2n) is 2.65. The molecule has 2 aromatic rings. The van der Waals surface area contributed by atoms with Crippen LogP contribution in [0.15, 0.2) is 30.6 Å². The molecule has 1 radical (unpaired) electrons. The number of benzene rings is 1. The van der Waals surface area contributed by atoms with Gasteiger partial charge in [0, 0.05) is 16.7 Å². The van der Waals surface area contributed by atoms with Crippen LogP contribution in [0.25, 0.3) is 11.4 Å². The lowest BCUT2D eigenvalue weighted by atomic mass is 10.2. The zero-order valence-electron chi connectivity index (χ0n) is 7.04. The quantitative estimate of drug-likeness (QED) is 0.719. The van der Waals surface area contributed by atoms with Gasteiger partial charge in [-0.2, -0.15) is 0 Å². The van der Waals surface area contributed by atoms with Crippen LogP contribution in [0.4, 0.5) is 4.39 Å². The van der Waals surface area contributed by atoms with Crippen molar-refractivity contribution in [2.24, 2.45) is 0 Å². The normalized spacial score (nSPS) is 10.1. The van der Waals surface area contributed by atoms with Crippen LogP contribution in [0, 0.1) is 11.9 Å². The maximum atomic E-state index is 12.5.